The highest BCUT2D eigenvalue weighted by atomic mass is 16.5. The van der Waals surface area contributed by atoms with Crippen LogP contribution in [0.3, 0.4) is 0 Å². The predicted octanol–water partition coefficient (Wildman–Crippen LogP) is 3.86. The van der Waals surface area contributed by atoms with Gasteiger partial charge in [0.2, 0.25) is 0 Å². The Bertz CT molecular complexity index is 906. The standard InChI is InChI=1S/C25H30N2O4/c1-30-23-9-3-2-8-22(23)25(29)27-16-6-7-19(17-27)18-31-21-12-10-20(11-13-21)24(28)26-14-4-5-15-26/h2-3,8-13,19H,4-7,14-18H2,1H3/t19-/m1/s1. The Morgan fingerprint density at radius 1 is 0.903 bits per heavy atom. The Hall–Kier alpha value is -3.02. The van der Waals surface area contributed by atoms with Gasteiger partial charge in [-0.1, -0.05) is 12.1 Å². The molecule has 2 aliphatic rings. The summed E-state index contributed by atoms with van der Waals surface area (Å²) in [7, 11) is 1.59. The molecule has 2 aliphatic heterocycles. The molecule has 0 aliphatic carbocycles. The van der Waals surface area contributed by atoms with Gasteiger partial charge < -0.3 is 19.3 Å². The molecule has 4 rings (SSSR count). The number of hydrogen-bond donors (Lipinski definition) is 0. The first-order valence-electron chi connectivity index (χ1n) is 11.1. The highest BCUT2D eigenvalue weighted by molar-refractivity contribution is 5.97. The summed E-state index contributed by atoms with van der Waals surface area (Å²) in [6, 6.07) is 14.8. The maximum Gasteiger partial charge on any atom is 0.257 e. The highest BCUT2D eigenvalue weighted by Crippen LogP contribution is 2.24. The number of benzene rings is 2. The van der Waals surface area contributed by atoms with E-state index in [0.29, 0.717) is 30.0 Å². The Morgan fingerprint density at radius 2 is 1.61 bits per heavy atom. The number of hydrogen-bond acceptors (Lipinski definition) is 4. The van der Waals surface area contributed by atoms with Crippen molar-refractivity contribution in [3.63, 3.8) is 0 Å². The van der Waals surface area contributed by atoms with Crippen LogP contribution < -0.4 is 9.47 Å². The number of likely N-dealkylation sites (tertiary alicyclic amines) is 2. The maximum absolute atomic E-state index is 13.0. The zero-order valence-corrected chi connectivity index (χ0v) is 18.1. The maximum atomic E-state index is 13.0. The molecule has 2 aromatic rings. The molecule has 2 amide bonds. The van der Waals surface area contributed by atoms with E-state index in [2.05, 4.69) is 0 Å². The lowest BCUT2D eigenvalue weighted by Gasteiger charge is -2.33. The average molecular weight is 423 g/mol. The van der Waals surface area contributed by atoms with Crippen LogP contribution in [0.5, 0.6) is 11.5 Å². The zero-order valence-electron chi connectivity index (χ0n) is 18.1. The largest absolute Gasteiger partial charge is 0.496 e. The molecule has 2 saturated heterocycles. The molecule has 2 aromatic carbocycles. The minimum absolute atomic E-state index is 0.00641. The Morgan fingerprint density at radius 3 is 2.35 bits per heavy atom. The minimum atomic E-state index is 0.00641. The van der Waals surface area contributed by atoms with Gasteiger partial charge in [-0.05, 0) is 62.1 Å². The van der Waals surface area contributed by atoms with Crippen molar-refractivity contribution in [2.45, 2.75) is 25.7 Å². The minimum Gasteiger partial charge on any atom is -0.496 e. The van der Waals surface area contributed by atoms with Crippen molar-refractivity contribution >= 4 is 11.8 Å². The summed E-state index contributed by atoms with van der Waals surface area (Å²) in [5.41, 5.74) is 1.31. The number of amides is 2. The third-order valence-electron chi connectivity index (χ3n) is 6.12. The SMILES string of the molecule is COc1ccccc1C(=O)N1CCC[C@@H](COc2ccc(C(=O)N3CCCC3)cc2)C1. The van der Waals surface area contributed by atoms with Crippen molar-refractivity contribution in [2.75, 3.05) is 39.9 Å². The van der Waals surface area contributed by atoms with Crippen LogP contribution in [-0.2, 0) is 0 Å². The normalized spacial score (nSPS) is 18.7. The van der Waals surface area contributed by atoms with Gasteiger partial charge in [-0.15, -0.1) is 0 Å². The Labute approximate surface area is 183 Å². The van der Waals surface area contributed by atoms with Crippen LogP contribution in [0.1, 0.15) is 46.4 Å². The van der Waals surface area contributed by atoms with E-state index in [1.54, 1.807) is 7.11 Å². The van der Waals surface area contributed by atoms with Gasteiger partial charge in [0.15, 0.2) is 0 Å². The monoisotopic (exact) mass is 422 g/mol. The van der Waals surface area contributed by atoms with Gasteiger partial charge in [0.1, 0.15) is 11.5 Å². The van der Waals surface area contributed by atoms with E-state index in [9.17, 15) is 9.59 Å². The zero-order chi connectivity index (χ0) is 21.6. The molecule has 0 radical (unpaired) electrons. The highest BCUT2D eigenvalue weighted by Gasteiger charge is 2.26. The van der Waals surface area contributed by atoms with Crippen molar-refractivity contribution < 1.29 is 19.1 Å². The fourth-order valence-electron chi connectivity index (χ4n) is 4.39. The summed E-state index contributed by atoms with van der Waals surface area (Å²) >= 11 is 0. The lowest BCUT2D eigenvalue weighted by Crippen LogP contribution is -2.41. The Balaban J connectivity index is 1.31. The second-order valence-electron chi connectivity index (χ2n) is 8.29. The first kappa shape index (κ1) is 21.2. The topological polar surface area (TPSA) is 59.1 Å². The van der Waals surface area contributed by atoms with E-state index >= 15 is 0 Å². The summed E-state index contributed by atoms with van der Waals surface area (Å²) in [5, 5.41) is 0. The van der Waals surface area contributed by atoms with E-state index < -0.39 is 0 Å². The summed E-state index contributed by atoms with van der Waals surface area (Å²) in [6.07, 6.45) is 4.16. The van der Waals surface area contributed by atoms with Gasteiger partial charge in [-0.25, -0.2) is 0 Å². The molecule has 0 N–H and O–H groups in total. The van der Waals surface area contributed by atoms with Gasteiger partial charge in [0.05, 0.1) is 19.3 Å². The van der Waals surface area contributed by atoms with E-state index in [1.807, 2.05) is 58.3 Å². The number of para-hydroxylation sites is 1. The van der Waals surface area contributed by atoms with E-state index in [1.165, 1.54) is 0 Å². The molecule has 0 spiro atoms. The van der Waals surface area contributed by atoms with Gasteiger partial charge in [0.25, 0.3) is 11.8 Å². The molecule has 1 atom stereocenters. The fourth-order valence-corrected chi connectivity index (χ4v) is 4.39. The fraction of sp³-hybridized carbons (Fsp3) is 0.440. The number of piperidine rings is 1. The average Bonchev–Trinajstić information content (AvgIpc) is 3.37. The van der Waals surface area contributed by atoms with Crippen LogP contribution in [0, 0.1) is 5.92 Å². The first-order valence-corrected chi connectivity index (χ1v) is 11.1. The van der Waals surface area contributed by atoms with Crippen molar-refractivity contribution in [3.8, 4) is 11.5 Å². The van der Waals surface area contributed by atoms with Crippen molar-refractivity contribution in [1.29, 1.82) is 0 Å². The summed E-state index contributed by atoms with van der Waals surface area (Å²) in [5.74, 6) is 1.74. The van der Waals surface area contributed by atoms with Crippen LogP contribution in [0.25, 0.3) is 0 Å². The molecule has 31 heavy (non-hydrogen) atoms. The molecule has 2 heterocycles. The Kier molecular flexibility index (Phi) is 6.75. The number of ether oxygens (including phenoxy) is 2. The number of carbonyl (C=O) groups is 2. The third kappa shape index (κ3) is 5.01. The van der Waals surface area contributed by atoms with Crippen LogP contribution >= 0.6 is 0 Å². The second-order valence-corrected chi connectivity index (χ2v) is 8.29. The van der Waals surface area contributed by atoms with Crippen LogP contribution in [0.4, 0.5) is 0 Å². The summed E-state index contributed by atoms with van der Waals surface area (Å²) in [4.78, 5) is 29.2. The van der Waals surface area contributed by atoms with E-state index in [-0.39, 0.29) is 17.7 Å². The number of nitrogens with zero attached hydrogens (tertiary/aromatic N) is 2. The molecule has 0 saturated carbocycles. The van der Waals surface area contributed by atoms with Crippen LogP contribution in [-0.4, -0.2) is 61.5 Å². The van der Waals surface area contributed by atoms with Crippen LogP contribution in [0.2, 0.25) is 0 Å². The summed E-state index contributed by atoms with van der Waals surface area (Å²) in [6.45, 7) is 3.67. The third-order valence-corrected chi connectivity index (χ3v) is 6.12. The van der Waals surface area contributed by atoms with Crippen molar-refractivity contribution in [2.24, 2.45) is 5.92 Å². The molecule has 0 aromatic heterocycles. The predicted molar refractivity (Wildman–Crippen MR) is 119 cm³/mol. The number of methoxy groups -OCH3 is 1. The lowest BCUT2D eigenvalue weighted by molar-refractivity contribution is 0.0630. The molecular formula is C25H30N2O4. The second kappa shape index (κ2) is 9.86. The lowest BCUT2D eigenvalue weighted by atomic mass is 9.98. The molecule has 0 unspecified atom stereocenters. The van der Waals surface area contributed by atoms with Gasteiger partial charge in [0, 0.05) is 37.7 Å². The van der Waals surface area contributed by atoms with Gasteiger partial charge in [-0.2, -0.15) is 0 Å². The number of carbonyl (C=O) groups excluding carboxylic acids is 2. The van der Waals surface area contributed by atoms with Crippen LogP contribution in [0.15, 0.2) is 48.5 Å². The van der Waals surface area contributed by atoms with E-state index in [0.717, 1.165) is 51.1 Å². The molecule has 2 fully saturated rings. The molecule has 6 heteroatoms. The molecule has 6 nitrogen and oxygen atoms in total. The molecular weight excluding hydrogens is 392 g/mol. The summed E-state index contributed by atoms with van der Waals surface area (Å²) < 4.78 is 11.3. The number of rotatable bonds is 6. The van der Waals surface area contributed by atoms with E-state index in [4.69, 9.17) is 9.47 Å². The van der Waals surface area contributed by atoms with Gasteiger partial charge in [-0.3, -0.25) is 9.59 Å². The van der Waals surface area contributed by atoms with Crippen molar-refractivity contribution in [1.82, 2.24) is 9.80 Å². The van der Waals surface area contributed by atoms with Crippen molar-refractivity contribution in [3.05, 3.63) is 59.7 Å². The van der Waals surface area contributed by atoms with Gasteiger partial charge >= 0.3 is 0 Å². The quantitative estimate of drug-likeness (QED) is 0.709. The first-order chi connectivity index (χ1) is 15.2. The molecule has 164 valence electrons. The smallest absolute Gasteiger partial charge is 0.257 e. The molecule has 0 bridgehead atoms.